The second-order valence-electron chi connectivity index (χ2n) is 5.17. The molecule has 1 fully saturated rings. The van der Waals surface area contributed by atoms with Crippen molar-refractivity contribution in [2.24, 2.45) is 0 Å². The van der Waals surface area contributed by atoms with Crippen LogP contribution < -0.4 is 5.32 Å². The molecule has 1 aliphatic heterocycles. The molecule has 0 atom stereocenters. The first-order valence-electron chi connectivity index (χ1n) is 6.47. The Kier molecular flexibility index (Phi) is 3.90. The second kappa shape index (κ2) is 5.51. The Hall–Kier alpha value is -2.83. The van der Waals surface area contributed by atoms with Crippen molar-refractivity contribution in [2.45, 2.75) is 26.6 Å². The first-order chi connectivity index (χ1) is 10.2. The van der Waals surface area contributed by atoms with Gasteiger partial charge in [0.05, 0.1) is 5.69 Å². The van der Waals surface area contributed by atoms with Crippen LogP contribution in [-0.2, 0) is 19.1 Å². The van der Waals surface area contributed by atoms with Gasteiger partial charge in [-0.25, -0.2) is 9.59 Å². The highest BCUT2D eigenvalue weighted by molar-refractivity contribution is 6.15. The number of phenolic OH excluding ortho intramolecular Hbond substituents is 1. The number of aromatic hydroxyl groups is 1. The van der Waals surface area contributed by atoms with Crippen molar-refractivity contribution in [1.29, 1.82) is 0 Å². The number of benzene rings is 1. The molecule has 116 valence electrons. The highest BCUT2D eigenvalue weighted by atomic mass is 16.7. The van der Waals surface area contributed by atoms with Crippen LogP contribution in [0.15, 0.2) is 30.0 Å². The zero-order valence-electron chi connectivity index (χ0n) is 12.3. The summed E-state index contributed by atoms with van der Waals surface area (Å²) in [5, 5.41) is 12.3. The number of phenols is 1. The molecule has 0 unspecified atom stereocenters. The van der Waals surface area contributed by atoms with Crippen molar-refractivity contribution in [2.75, 3.05) is 5.32 Å². The summed E-state index contributed by atoms with van der Waals surface area (Å²) >= 11 is 0. The van der Waals surface area contributed by atoms with Crippen molar-refractivity contribution in [3.05, 3.63) is 35.5 Å². The number of hydrogen-bond donors (Lipinski definition) is 2. The molecule has 0 amide bonds. The average molecular weight is 305 g/mol. The Labute approximate surface area is 126 Å². The smallest absolute Gasteiger partial charge is 0.350 e. The van der Waals surface area contributed by atoms with Crippen LogP contribution in [0.2, 0.25) is 0 Å². The predicted octanol–water partition coefficient (Wildman–Crippen LogP) is 1.73. The molecule has 1 saturated heterocycles. The second-order valence-corrected chi connectivity index (χ2v) is 5.17. The Morgan fingerprint density at radius 3 is 2.36 bits per heavy atom. The Balaban J connectivity index is 2.25. The Morgan fingerprint density at radius 2 is 1.82 bits per heavy atom. The van der Waals surface area contributed by atoms with Gasteiger partial charge in [-0.15, -0.1) is 0 Å². The fraction of sp³-hybridized carbons (Fsp3) is 0.267. The molecule has 1 aliphatic rings. The van der Waals surface area contributed by atoms with E-state index in [0.29, 0.717) is 5.56 Å². The lowest BCUT2D eigenvalue weighted by Gasteiger charge is -2.29. The van der Waals surface area contributed by atoms with Crippen LogP contribution in [0.4, 0.5) is 5.69 Å². The third-order valence-corrected chi connectivity index (χ3v) is 2.89. The summed E-state index contributed by atoms with van der Waals surface area (Å²) in [6, 6.07) is 4.19. The van der Waals surface area contributed by atoms with E-state index in [0.717, 1.165) is 6.20 Å². The van der Waals surface area contributed by atoms with Crippen LogP contribution in [0.1, 0.15) is 31.1 Å². The maximum absolute atomic E-state index is 11.8. The standard InChI is InChI=1S/C15H15NO6/c1-8(17)9-4-5-12(18)11(6-9)16-7-10-13(19)21-15(2,3)22-14(10)20/h4-7,16,18H,1-3H3. The van der Waals surface area contributed by atoms with E-state index in [2.05, 4.69) is 5.32 Å². The van der Waals surface area contributed by atoms with E-state index in [1.54, 1.807) is 0 Å². The predicted molar refractivity (Wildman–Crippen MR) is 76.1 cm³/mol. The van der Waals surface area contributed by atoms with Crippen molar-refractivity contribution in [3.63, 3.8) is 0 Å². The number of carbonyl (C=O) groups is 3. The SMILES string of the molecule is CC(=O)c1ccc(O)c(NC=C2C(=O)OC(C)(C)OC2=O)c1. The van der Waals surface area contributed by atoms with Crippen LogP contribution >= 0.6 is 0 Å². The highest BCUT2D eigenvalue weighted by Gasteiger charge is 2.38. The molecule has 0 aliphatic carbocycles. The monoisotopic (exact) mass is 305 g/mol. The maximum atomic E-state index is 11.8. The largest absolute Gasteiger partial charge is 0.506 e. The number of esters is 2. The molecule has 2 rings (SSSR count). The van der Waals surface area contributed by atoms with Gasteiger partial charge in [-0.2, -0.15) is 0 Å². The quantitative estimate of drug-likeness (QED) is 0.288. The van der Waals surface area contributed by atoms with Crippen molar-refractivity contribution < 1.29 is 29.0 Å². The first-order valence-corrected chi connectivity index (χ1v) is 6.47. The van der Waals surface area contributed by atoms with E-state index >= 15 is 0 Å². The number of hydrogen-bond acceptors (Lipinski definition) is 7. The van der Waals surface area contributed by atoms with Gasteiger partial charge in [-0.3, -0.25) is 4.79 Å². The number of ketones is 1. The number of ether oxygens (including phenoxy) is 2. The Morgan fingerprint density at radius 1 is 1.23 bits per heavy atom. The van der Waals surface area contributed by atoms with Crippen LogP contribution in [0.3, 0.4) is 0 Å². The number of nitrogens with one attached hydrogen (secondary N) is 1. The van der Waals surface area contributed by atoms with E-state index in [9.17, 15) is 19.5 Å². The minimum absolute atomic E-state index is 0.139. The van der Waals surface area contributed by atoms with E-state index in [1.807, 2.05) is 0 Å². The van der Waals surface area contributed by atoms with Gasteiger partial charge in [-0.05, 0) is 25.1 Å². The number of Topliss-reactive ketones (excluding diaryl/α,β-unsaturated/α-hetero) is 1. The molecule has 0 spiro atoms. The topological polar surface area (TPSA) is 102 Å². The van der Waals surface area contributed by atoms with Crippen molar-refractivity contribution in [1.82, 2.24) is 0 Å². The number of carbonyl (C=O) groups excluding carboxylic acids is 3. The van der Waals surface area contributed by atoms with Gasteiger partial charge in [0, 0.05) is 25.6 Å². The minimum Gasteiger partial charge on any atom is -0.506 e. The van der Waals surface area contributed by atoms with Crippen LogP contribution in [-0.4, -0.2) is 28.6 Å². The summed E-state index contributed by atoms with van der Waals surface area (Å²) in [5.74, 6) is -3.32. The normalized spacial score (nSPS) is 16.6. The summed E-state index contributed by atoms with van der Waals surface area (Å²) in [4.78, 5) is 34.8. The maximum Gasteiger partial charge on any atom is 0.350 e. The molecule has 1 heterocycles. The van der Waals surface area contributed by atoms with Crippen LogP contribution in [0.25, 0.3) is 0 Å². The molecular formula is C15H15NO6. The summed E-state index contributed by atoms with van der Waals surface area (Å²) in [7, 11) is 0. The van der Waals surface area contributed by atoms with Gasteiger partial charge in [0.1, 0.15) is 5.75 Å². The summed E-state index contributed by atoms with van der Waals surface area (Å²) in [6.07, 6.45) is 1.07. The minimum atomic E-state index is -1.32. The zero-order chi connectivity index (χ0) is 16.5. The van der Waals surface area contributed by atoms with E-state index < -0.39 is 17.7 Å². The van der Waals surface area contributed by atoms with Crippen LogP contribution in [0.5, 0.6) is 5.75 Å². The molecule has 0 saturated carbocycles. The summed E-state index contributed by atoms with van der Waals surface area (Å²) in [5.41, 5.74) is 0.200. The molecule has 22 heavy (non-hydrogen) atoms. The van der Waals surface area contributed by atoms with Gasteiger partial charge in [0.2, 0.25) is 0 Å². The molecule has 1 aromatic rings. The molecule has 7 heteroatoms. The van der Waals surface area contributed by atoms with Gasteiger partial charge < -0.3 is 19.9 Å². The first kappa shape index (κ1) is 15.6. The van der Waals surface area contributed by atoms with Crippen LogP contribution in [0, 0.1) is 0 Å². The molecule has 0 radical (unpaired) electrons. The summed E-state index contributed by atoms with van der Waals surface area (Å²) < 4.78 is 9.86. The summed E-state index contributed by atoms with van der Waals surface area (Å²) in [6.45, 7) is 4.26. The fourth-order valence-corrected chi connectivity index (χ4v) is 1.80. The van der Waals surface area contributed by atoms with E-state index in [-0.39, 0.29) is 22.8 Å². The molecule has 0 aromatic heterocycles. The molecule has 2 N–H and O–H groups in total. The fourth-order valence-electron chi connectivity index (χ4n) is 1.80. The Bertz CT molecular complexity index is 667. The van der Waals surface area contributed by atoms with Gasteiger partial charge in [-0.1, -0.05) is 0 Å². The molecule has 7 nitrogen and oxygen atoms in total. The molecular weight excluding hydrogens is 290 g/mol. The lowest BCUT2D eigenvalue weighted by Crippen LogP contribution is -2.42. The average Bonchev–Trinajstić information content (AvgIpc) is 2.38. The number of rotatable bonds is 3. The third kappa shape index (κ3) is 3.25. The van der Waals surface area contributed by atoms with Gasteiger partial charge >= 0.3 is 11.9 Å². The number of cyclic esters (lactones) is 2. The lowest BCUT2D eigenvalue weighted by atomic mass is 10.1. The van der Waals surface area contributed by atoms with Gasteiger partial charge in [0.25, 0.3) is 5.79 Å². The highest BCUT2D eigenvalue weighted by Crippen LogP contribution is 2.26. The third-order valence-electron chi connectivity index (χ3n) is 2.89. The van der Waals surface area contributed by atoms with E-state index in [1.165, 1.54) is 39.0 Å². The molecule has 0 bridgehead atoms. The van der Waals surface area contributed by atoms with E-state index in [4.69, 9.17) is 9.47 Å². The lowest BCUT2D eigenvalue weighted by molar-refractivity contribution is -0.222. The van der Waals surface area contributed by atoms with Crippen molar-refractivity contribution in [3.8, 4) is 5.75 Å². The number of anilines is 1. The van der Waals surface area contributed by atoms with Gasteiger partial charge in [0.15, 0.2) is 11.4 Å². The zero-order valence-corrected chi connectivity index (χ0v) is 12.3. The van der Waals surface area contributed by atoms with Crippen molar-refractivity contribution >= 4 is 23.4 Å². The molecule has 1 aromatic carbocycles.